The zero-order valence-corrected chi connectivity index (χ0v) is 11.6. The van der Waals surface area contributed by atoms with Crippen molar-refractivity contribution in [3.05, 3.63) is 41.1 Å². The minimum atomic E-state index is -0.469. The Bertz CT molecular complexity index is 492. The first kappa shape index (κ1) is 15.4. The molecule has 100 valence electrons. The molecule has 0 aromatic heterocycles. The summed E-state index contributed by atoms with van der Waals surface area (Å²) in [5, 5.41) is 15.0. The summed E-state index contributed by atoms with van der Waals surface area (Å²) >= 11 is 11.3. The molecule has 1 aromatic carbocycles. The van der Waals surface area contributed by atoms with Crippen LogP contribution in [0.4, 0.5) is 5.69 Å². The van der Waals surface area contributed by atoms with E-state index in [1.54, 1.807) is 24.3 Å². The summed E-state index contributed by atoms with van der Waals surface area (Å²) in [6.45, 7) is 0.614. The number of nitrogens with one attached hydrogen (secondary N) is 2. The van der Waals surface area contributed by atoms with Gasteiger partial charge < -0.3 is 10.6 Å². The molecule has 0 unspecified atom stereocenters. The van der Waals surface area contributed by atoms with Crippen LogP contribution in [0.1, 0.15) is 6.42 Å². The summed E-state index contributed by atoms with van der Waals surface area (Å²) in [4.78, 5) is 11.8. The average molecular weight is 298 g/mol. The fourth-order valence-corrected chi connectivity index (χ4v) is 1.48. The van der Waals surface area contributed by atoms with E-state index in [0.717, 1.165) is 6.42 Å². The van der Waals surface area contributed by atoms with Gasteiger partial charge in [0, 0.05) is 29.3 Å². The van der Waals surface area contributed by atoms with Gasteiger partial charge >= 0.3 is 0 Å². The highest BCUT2D eigenvalue weighted by Crippen LogP contribution is 2.13. The summed E-state index contributed by atoms with van der Waals surface area (Å²) in [6.07, 6.45) is 2.15. The van der Waals surface area contributed by atoms with E-state index in [1.165, 1.54) is 6.20 Å². The maximum atomic E-state index is 11.8. The predicted molar refractivity (Wildman–Crippen MR) is 77.1 cm³/mol. The first-order valence-electron chi connectivity index (χ1n) is 5.64. The van der Waals surface area contributed by atoms with Crippen LogP contribution in [0.3, 0.4) is 0 Å². The molecule has 0 saturated carbocycles. The van der Waals surface area contributed by atoms with E-state index in [1.807, 2.05) is 6.07 Å². The van der Waals surface area contributed by atoms with E-state index in [0.29, 0.717) is 23.1 Å². The zero-order chi connectivity index (χ0) is 14.1. The standard InChI is InChI=1S/C13H13Cl2N3O/c14-6-1-7-17-9-10(8-16)13(19)18-12-4-2-11(15)3-5-12/h2-5,9,17H,1,6-7H2,(H,18,19)/b10-9-. The molecular weight excluding hydrogens is 285 g/mol. The van der Waals surface area contributed by atoms with Gasteiger partial charge in [-0.2, -0.15) is 5.26 Å². The highest BCUT2D eigenvalue weighted by Gasteiger charge is 2.08. The molecule has 0 heterocycles. The van der Waals surface area contributed by atoms with Gasteiger partial charge in [0.2, 0.25) is 0 Å². The average Bonchev–Trinajstić information content (AvgIpc) is 2.41. The van der Waals surface area contributed by atoms with Gasteiger partial charge in [0.25, 0.3) is 5.91 Å². The second-order valence-electron chi connectivity index (χ2n) is 3.63. The van der Waals surface area contributed by atoms with Gasteiger partial charge in [-0.25, -0.2) is 0 Å². The number of carbonyl (C=O) groups is 1. The Balaban J connectivity index is 2.59. The molecule has 2 N–H and O–H groups in total. The van der Waals surface area contributed by atoms with Crippen molar-refractivity contribution in [2.45, 2.75) is 6.42 Å². The van der Waals surface area contributed by atoms with Crippen LogP contribution in [0.25, 0.3) is 0 Å². The van der Waals surface area contributed by atoms with Gasteiger partial charge in [0.15, 0.2) is 0 Å². The smallest absolute Gasteiger partial charge is 0.267 e. The van der Waals surface area contributed by atoms with Crippen molar-refractivity contribution in [2.24, 2.45) is 0 Å². The van der Waals surface area contributed by atoms with Crippen molar-refractivity contribution in [3.8, 4) is 6.07 Å². The molecule has 19 heavy (non-hydrogen) atoms. The molecule has 1 aromatic rings. The van der Waals surface area contributed by atoms with Crippen LogP contribution in [0, 0.1) is 11.3 Å². The number of alkyl halides is 1. The number of amides is 1. The van der Waals surface area contributed by atoms with Gasteiger partial charge in [-0.1, -0.05) is 11.6 Å². The quantitative estimate of drug-likeness (QED) is 0.367. The minimum absolute atomic E-state index is 0.00419. The number of hydrogen-bond acceptors (Lipinski definition) is 3. The topological polar surface area (TPSA) is 64.9 Å². The molecule has 1 rings (SSSR count). The highest BCUT2D eigenvalue weighted by atomic mass is 35.5. The predicted octanol–water partition coefficient (Wildman–Crippen LogP) is 2.90. The lowest BCUT2D eigenvalue weighted by Gasteiger charge is -2.04. The van der Waals surface area contributed by atoms with E-state index < -0.39 is 5.91 Å². The molecule has 0 aliphatic heterocycles. The van der Waals surface area contributed by atoms with Crippen molar-refractivity contribution < 1.29 is 4.79 Å². The number of rotatable bonds is 6. The number of hydrogen-bond donors (Lipinski definition) is 2. The van der Waals surface area contributed by atoms with Crippen LogP contribution in [-0.2, 0) is 4.79 Å². The minimum Gasteiger partial charge on any atom is -0.390 e. The first-order valence-corrected chi connectivity index (χ1v) is 6.55. The summed E-state index contributed by atoms with van der Waals surface area (Å²) in [6, 6.07) is 8.48. The van der Waals surface area contributed by atoms with Gasteiger partial charge in [0.05, 0.1) is 0 Å². The van der Waals surface area contributed by atoms with Gasteiger partial charge in [-0.15, -0.1) is 11.6 Å². The van der Waals surface area contributed by atoms with Crippen LogP contribution in [0.2, 0.25) is 5.02 Å². The van der Waals surface area contributed by atoms with Crippen LogP contribution in [0.5, 0.6) is 0 Å². The van der Waals surface area contributed by atoms with Crippen LogP contribution < -0.4 is 10.6 Å². The maximum absolute atomic E-state index is 11.8. The second kappa shape index (κ2) is 8.41. The van der Waals surface area contributed by atoms with E-state index in [4.69, 9.17) is 28.5 Å². The van der Waals surface area contributed by atoms with Gasteiger partial charge in [-0.3, -0.25) is 4.79 Å². The van der Waals surface area contributed by atoms with E-state index in [2.05, 4.69) is 10.6 Å². The van der Waals surface area contributed by atoms with Gasteiger partial charge in [0.1, 0.15) is 11.6 Å². The molecule has 0 bridgehead atoms. The molecule has 0 aliphatic rings. The number of nitriles is 1. The molecule has 0 saturated heterocycles. The van der Waals surface area contributed by atoms with Crippen LogP contribution in [-0.4, -0.2) is 18.3 Å². The lowest BCUT2D eigenvalue weighted by molar-refractivity contribution is -0.112. The number of halogens is 2. The molecule has 0 atom stereocenters. The normalized spacial score (nSPS) is 10.7. The fraction of sp³-hybridized carbons (Fsp3) is 0.231. The fourth-order valence-electron chi connectivity index (χ4n) is 1.22. The SMILES string of the molecule is N#C/C(=C/NCCCCl)C(=O)Nc1ccc(Cl)cc1. The summed E-state index contributed by atoms with van der Waals surface area (Å²) in [5.41, 5.74) is 0.584. The third-order valence-corrected chi connectivity index (χ3v) is 2.69. The largest absolute Gasteiger partial charge is 0.390 e. The third kappa shape index (κ3) is 5.64. The van der Waals surface area contributed by atoms with Crippen molar-refractivity contribution in [1.82, 2.24) is 5.32 Å². The number of nitrogens with zero attached hydrogens (tertiary/aromatic N) is 1. The number of carbonyl (C=O) groups excluding carboxylic acids is 1. The van der Waals surface area contributed by atoms with E-state index in [-0.39, 0.29) is 5.57 Å². The number of anilines is 1. The Morgan fingerprint density at radius 1 is 1.37 bits per heavy atom. The summed E-state index contributed by atoms with van der Waals surface area (Å²) in [7, 11) is 0. The van der Waals surface area contributed by atoms with Crippen molar-refractivity contribution in [1.29, 1.82) is 5.26 Å². The lowest BCUT2D eigenvalue weighted by Crippen LogP contribution is -2.17. The Morgan fingerprint density at radius 3 is 2.63 bits per heavy atom. The third-order valence-electron chi connectivity index (χ3n) is 2.17. The molecule has 6 heteroatoms. The zero-order valence-electron chi connectivity index (χ0n) is 10.1. The highest BCUT2D eigenvalue weighted by molar-refractivity contribution is 6.30. The Kier molecular flexibility index (Phi) is 6.80. The molecule has 4 nitrogen and oxygen atoms in total. The molecular formula is C13H13Cl2N3O. The van der Waals surface area contributed by atoms with Crippen LogP contribution >= 0.6 is 23.2 Å². The van der Waals surface area contributed by atoms with E-state index in [9.17, 15) is 4.79 Å². The monoisotopic (exact) mass is 297 g/mol. The molecule has 0 spiro atoms. The molecule has 1 amide bonds. The summed E-state index contributed by atoms with van der Waals surface area (Å²) in [5.74, 6) is 0.0582. The van der Waals surface area contributed by atoms with E-state index >= 15 is 0 Å². The Morgan fingerprint density at radius 2 is 2.05 bits per heavy atom. The van der Waals surface area contributed by atoms with Crippen molar-refractivity contribution in [3.63, 3.8) is 0 Å². The lowest BCUT2D eigenvalue weighted by atomic mass is 10.2. The van der Waals surface area contributed by atoms with Crippen LogP contribution in [0.15, 0.2) is 36.0 Å². The van der Waals surface area contributed by atoms with Crippen molar-refractivity contribution >= 4 is 34.8 Å². The summed E-state index contributed by atoms with van der Waals surface area (Å²) < 4.78 is 0. The molecule has 0 radical (unpaired) electrons. The Hall–Kier alpha value is -1.70. The Labute approximate surface area is 122 Å². The first-order chi connectivity index (χ1) is 9.17. The second-order valence-corrected chi connectivity index (χ2v) is 4.44. The molecule has 0 aliphatic carbocycles. The van der Waals surface area contributed by atoms with Gasteiger partial charge in [-0.05, 0) is 30.7 Å². The molecule has 0 fully saturated rings. The van der Waals surface area contributed by atoms with Crippen molar-refractivity contribution in [2.75, 3.05) is 17.7 Å². The maximum Gasteiger partial charge on any atom is 0.267 e. The number of benzene rings is 1.